The molecule has 0 aliphatic rings. The Hall–Kier alpha value is -1.21. The van der Waals surface area contributed by atoms with Crippen molar-refractivity contribution in [1.29, 1.82) is 0 Å². The Bertz CT molecular complexity index is 562. The van der Waals surface area contributed by atoms with E-state index in [9.17, 15) is 17.7 Å². The molecule has 0 aliphatic heterocycles. The van der Waals surface area contributed by atoms with Crippen LogP contribution in [0.4, 0.5) is 13.2 Å². The van der Waals surface area contributed by atoms with Gasteiger partial charge in [0.2, 0.25) is 0 Å². The fourth-order valence-electron chi connectivity index (χ4n) is 1.70. The van der Waals surface area contributed by atoms with Gasteiger partial charge in [0.25, 0.3) is 0 Å². The molecular formula is C17H21ClF3NOS. The van der Waals surface area contributed by atoms with Crippen molar-refractivity contribution in [2.75, 3.05) is 13.6 Å². The van der Waals surface area contributed by atoms with Crippen molar-refractivity contribution in [3.8, 4) is 0 Å². The van der Waals surface area contributed by atoms with Gasteiger partial charge in [-0.3, -0.25) is 0 Å². The first-order chi connectivity index (χ1) is 10.9. The van der Waals surface area contributed by atoms with Gasteiger partial charge in [-0.15, -0.1) is 12.4 Å². The summed E-state index contributed by atoms with van der Waals surface area (Å²) in [4.78, 5) is 0.923. The van der Waals surface area contributed by atoms with Crippen LogP contribution in [0, 0.1) is 0 Å². The van der Waals surface area contributed by atoms with Crippen LogP contribution in [0.1, 0.15) is 18.9 Å². The number of halogens is 4. The lowest BCUT2D eigenvalue weighted by Gasteiger charge is -2.11. The first kappa shape index (κ1) is 22.8. The molecule has 134 valence electrons. The van der Waals surface area contributed by atoms with Crippen molar-refractivity contribution < 1.29 is 17.7 Å². The summed E-state index contributed by atoms with van der Waals surface area (Å²) in [6.07, 6.45) is -3.14. The van der Waals surface area contributed by atoms with E-state index in [-0.39, 0.29) is 12.4 Å². The average molecular weight is 380 g/mol. The summed E-state index contributed by atoms with van der Waals surface area (Å²) >= 11 is -1.45. The van der Waals surface area contributed by atoms with Gasteiger partial charge in [-0.05, 0) is 56.4 Å². The number of nitrogens with one attached hydrogen (secondary N) is 1. The van der Waals surface area contributed by atoms with Crippen LogP contribution >= 0.6 is 12.4 Å². The lowest BCUT2D eigenvalue weighted by atomic mass is 10.2. The van der Waals surface area contributed by atoms with Gasteiger partial charge in [0.05, 0.1) is 5.56 Å². The predicted octanol–water partition coefficient (Wildman–Crippen LogP) is 4.91. The van der Waals surface area contributed by atoms with E-state index < -0.39 is 22.9 Å². The van der Waals surface area contributed by atoms with Gasteiger partial charge in [0.1, 0.15) is 0 Å². The van der Waals surface area contributed by atoms with Gasteiger partial charge in [0, 0.05) is 11.2 Å². The van der Waals surface area contributed by atoms with Crippen molar-refractivity contribution in [3.05, 3.63) is 60.2 Å². The molecule has 0 radical (unpaired) electrons. The zero-order valence-electron chi connectivity index (χ0n) is 13.5. The summed E-state index contributed by atoms with van der Waals surface area (Å²) in [5.41, 5.74) is -0.740. The lowest BCUT2D eigenvalue weighted by Crippen LogP contribution is -2.06. The normalized spacial score (nSPS) is 11.8. The van der Waals surface area contributed by atoms with Crippen LogP contribution in [0.5, 0.6) is 0 Å². The van der Waals surface area contributed by atoms with E-state index in [1.807, 2.05) is 7.05 Å². The van der Waals surface area contributed by atoms with E-state index in [0.29, 0.717) is 9.79 Å². The second-order valence-corrected chi connectivity index (χ2v) is 6.19. The van der Waals surface area contributed by atoms with Crippen LogP contribution < -0.4 is 5.32 Å². The van der Waals surface area contributed by atoms with E-state index in [2.05, 4.69) is 12.2 Å². The summed E-state index contributed by atoms with van der Waals surface area (Å²) in [5.74, 6) is 0. The maximum Gasteiger partial charge on any atom is 0.416 e. The van der Waals surface area contributed by atoms with Crippen LogP contribution in [-0.4, -0.2) is 18.1 Å². The summed E-state index contributed by atoms with van der Waals surface area (Å²) in [7, 11) is 1.96. The largest absolute Gasteiger partial charge is 0.606 e. The van der Waals surface area contributed by atoms with E-state index in [1.165, 1.54) is 18.6 Å². The molecule has 0 aromatic heterocycles. The molecule has 2 nitrogen and oxygen atoms in total. The fraction of sp³-hybridized carbons (Fsp3) is 0.294. The molecule has 0 saturated carbocycles. The van der Waals surface area contributed by atoms with Crippen molar-refractivity contribution in [2.24, 2.45) is 0 Å². The average Bonchev–Trinajstić information content (AvgIpc) is 2.56. The minimum absolute atomic E-state index is 0. The van der Waals surface area contributed by atoms with Gasteiger partial charge >= 0.3 is 6.18 Å². The van der Waals surface area contributed by atoms with Crippen LogP contribution in [0.15, 0.2) is 64.4 Å². The zero-order chi connectivity index (χ0) is 17.3. The van der Waals surface area contributed by atoms with Crippen LogP contribution in [0.25, 0.3) is 0 Å². The minimum Gasteiger partial charge on any atom is -0.606 e. The van der Waals surface area contributed by atoms with Gasteiger partial charge in [-0.2, -0.15) is 13.2 Å². The molecule has 0 bridgehead atoms. The highest BCUT2D eigenvalue weighted by molar-refractivity contribution is 7.91. The number of alkyl halides is 3. The third-order valence-corrected chi connectivity index (χ3v) is 4.25. The molecule has 7 heteroatoms. The third kappa shape index (κ3) is 7.57. The Morgan fingerprint density at radius 3 is 1.83 bits per heavy atom. The van der Waals surface area contributed by atoms with Crippen molar-refractivity contribution in [1.82, 2.24) is 5.32 Å². The van der Waals surface area contributed by atoms with Gasteiger partial charge < -0.3 is 9.87 Å². The molecule has 0 fully saturated rings. The van der Waals surface area contributed by atoms with E-state index >= 15 is 0 Å². The molecule has 0 heterocycles. The second-order valence-electron chi connectivity index (χ2n) is 4.71. The molecule has 2 rings (SSSR count). The van der Waals surface area contributed by atoms with E-state index in [4.69, 9.17) is 0 Å². The highest BCUT2D eigenvalue weighted by Crippen LogP contribution is 2.30. The molecule has 1 atom stereocenters. The summed E-state index contributed by atoms with van der Waals surface area (Å²) in [6.45, 7) is 3.29. The first-order valence-corrected chi connectivity index (χ1v) is 8.33. The van der Waals surface area contributed by atoms with Crippen LogP contribution in [0.3, 0.4) is 0 Å². The SMILES string of the molecule is CCCNC.Cl.[O-][S+](c1ccccc1)c1ccc(C(F)(F)F)cc1. The Morgan fingerprint density at radius 1 is 0.958 bits per heavy atom. The highest BCUT2D eigenvalue weighted by Gasteiger charge is 2.30. The third-order valence-electron chi connectivity index (χ3n) is 2.85. The number of benzene rings is 2. The Balaban J connectivity index is 0.000000777. The van der Waals surface area contributed by atoms with E-state index in [0.717, 1.165) is 18.7 Å². The number of rotatable bonds is 4. The molecule has 0 saturated heterocycles. The molecule has 2 aromatic rings. The molecule has 1 N–H and O–H groups in total. The van der Waals surface area contributed by atoms with Gasteiger partial charge in [0.15, 0.2) is 9.79 Å². The second kappa shape index (κ2) is 11.4. The first-order valence-electron chi connectivity index (χ1n) is 7.18. The monoisotopic (exact) mass is 379 g/mol. The van der Waals surface area contributed by atoms with Crippen molar-refractivity contribution in [2.45, 2.75) is 29.3 Å². The fourth-order valence-corrected chi connectivity index (χ4v) is 2.76. The van der Waals surface area contributed by atoms with E-state index in [1.54, 1.807) is 30.3 Å². The minimum atomic E-state index is -4.37. The summed E-state index contributed by atoms with van der Waals surface area (Å²) in [6, 6.07) is 13.0. The molecule has 24 heavy (non-hydrogen) atoms. The molecule has 0 aliphatic carbocycles. The van der Waals surface area contributed by atoms with Crippen molar-refractivity contribution in [3.63, 3.8) is 0 Å². The highest BCUT2D eigenvalue weighted by atomic mass is 35.5. The quantitative estimate of drug-likeness (QED) is 0.766. The van der Waals surface area contributed by atoms with Crippen molar-refractivity contribution >= 4 is 23.6 Å². The topological polar surface area (TPSA) is 35.1 Å². The lowest BCUT2D eigenvalue weighted by molar-refractivity contribution is -0.137. The van der Waals surface area contributed by atoms with Crippen LogP contribution in [-0.2, 0) is 17.4 Å². The maximum atomic E-state index is 12.4. The molecule has 1 unspecified atom stereocenters. The number of hydrogen-bond donors (Lipinski definition) is 1. The van der Waals surface area contributed by atoms with Gasteiger partial charge in [-0.25, -0.2) is 0 Å². The maximum absolute atomic E-state index is 12.4. The summed E-state index contributed by atoms with van der Waals surface area (Å²) in [5, 5.41) is 3.02. The molecular weight excluding hydrogens is 359 g/mol. The predicted molar refractivity (Wildman–Crippen MR) is 94.0 cm³/mol. The smallest absolute Gasteiger partial charge is 0.416 e. The molecule has 2 aromatic carbocycles. The van der Waals surface area contributed by atoms with Crippen LogP contribution in [0.2, 0.25) is 0 Å². The summed E-state index contributed by atoms with van der Waals surface area (Å²) < 4.78 is 49.1. The van der Waals surface area contributed by atoms with Gasteiger partial charge in [-0.1, -0.05) is 25.1 Å². The molecule has 0 spiro atoms. The molecule has 0 amide bonds. The standard InChI is InChI=1S/C13H9F3OS.C4H11N.ClH/c14-13(15,16)10-6-8-12(9-7-10)18(17)11-4-2-1-3-5-11;1-3-4-5-2;/h1-9H;5H,3-4H2,1-2H3;1H. The Labute approximate surface area is 150 Å². The number of hydrogen-bond acceptors (Lipinski definition) is 2. The zero-order valence-corrected chi connectivity index (χ0v) is 15.1. The Kier molecular flexibility index (Phi) is 10.8. The Morgan fingerprint density at radius 2 is 1.46 bits per heavy atom.